The predicted molar refractivity (Wildman–Crippen MR) is 82.8 cm³/mol. The highest BCUT2D eigenvalue weighted by atomic mass is 79.9. The average Bonchev–Trinajstić information content (AvgIpc) is 2.44. The summed E-state index contributed by atoms with van der Waals surface area (Å²) in [4.78, 5) is 23.1. The topological polar surface area (TPSA) is 58.2 Å². The largest absolute Gasteiger partial charge is 0.326 e. The van der Waals surface area contributed by atoms with Crippen LogP contribution in [-0.4, -0.2) is 11.8 Å². The third kappa shape index (κ3) is 3.88. The second-order valence-corrected chi connectivity index (χ2v) is 5.31. The molecule has 2 aromatic carbocycles. The molecule has 0 heterocycles. The van der Waals surface area contributed by atoms with Gasteiger partial charge in [0.1, 0.15) is 11.6 Å². The SMILES string of the molecule is CC(=O)Nc1ccc(F)c(NC(=O)c2cc(F)ccc2Br)c1. The first-order chi connectivity index (χ1) is 10.4. The first-order valence-electron chi connectivity index (χ1n) is 6.20. The van der Waals surface area contributed by atoms with E-state index in [0.29, 0.717) is 10.2 Å². The van der Waals surface area contributed by atoms with Crippen molar-refractivity contribution >= 4 is 39.1 Å². The van der Waals surface area contributed by atoms with E-state index in [-0.39, 0.29) is 17.2 Å². The fourth-order valence-corrected chi connectivity index (χ4v) is 2.19. The Morgan fingerprint density at radius 2 is 1.77 bits per heavy atom. The molecule has 2 aromatic rings. The average molecular weight is 369 g/mol. The minimum absolute atomic E-state index is 0.0318. The van der Waals surface area contributed by atoms with Crippen molar-refractivity contribution in [3.63, 3.8) is 0 Å². The molecule has 0 aliphatic heterocycles. The van der Waals surface area contributed by atoms with Crippen molar-refractivity contribution in [3.8, 4) is 0 Å². The van der Waals surface area contributed by atoms with Crippen LogP contribution in [0.3, 0.4) is 0 Å². The van der Waals surface area contributed by atoms with Gasteiger partial charge in [-0.05, 0) is 52.3 Å². The van der Waals surface area contributed by atoms with Crippen molar-refractivity contribution in [3.05, 3.63) is 58.1 Å². The molecule has 0 aliphatic carbocycles. The molecule has 22 heavy (non-hydrogen) atoms. The van der Waals surface area contributed by atoms with E-state index in [2.05, 4.69) is 26.6 Å². The first-order valence-corrected chi connectivity index (χ1v) is 6.99. The lowest BCUT2D eigenvalue weighted by Gasteiger charge is -2.10. The van der Waals surface area contributed by atoms with Gasteiger partial charge in [-0.1, -0.05) is 0 Å². The molecule has 0 bridgehead atoms. The Hall–Kier alpha value is -2.28. The number of hydrogen-bond acceptors (Lipinski definition) is 2. The summed E-state index contributed by atoms with van der Waals surface area (Å²) in [5.41, 5.74) is 0.249. The zero-order valence-corrected chi connectivity index (χ0v) is 13.0. The van der Waals surface area contributed by atoms with Gasteiger partial charge in [0.05, 0.1) is 11.3 Å². The molecule has 2 rings (SSSR count). The summed E-state index contributed by atoms with van der Waals surface area (Å²) in [5.74, 6) is -2.25. The number of hydrogen-bond donors (Lipinski definition) is 2. The minimum atomic E-state index is -0.676. The lowest BCUT2D eigenvalue weighted by molar-refractivity contribution is -0.114. The summed E-state index contributed by atoms with van der Waals surface area (Å²) >= 11 is 3.13. The van der Waals surface area contributed by atoms with Gasteiger partial charge in [0.2, 0.25) is 5.91 Å². The first kappa shape index (κ1) is 16.1. The van der Waals surface area contributed by atoms with E-state index in [1.54, 1.807) is 0 Å². The Morgan fingerprint density at radius 3 is 2.45 bits per heavy atom. The number of halogens is 3. The maximum absolute atomic E-state index is 13.7. The van der Waals surface area contributed by atoms with Gasteiger partial charge in [0.15, 0.2) is 0 Å². The van der Waals surface area contributed by atoms with Crippen LogP contribution in [0.15, 0.2) is 40.9 Å². The number of amides is 2. The van der Waals surface area contributed by atoms with Gasteiger partial charge < -0.3 is 10.6 Å². The highest BCUT2D eigenvalue weighted by molar-refractivity contribution is 9.10. The molecule has 0 fully saturated rings. The second-order valence-electron chi connectivity index (χ2n) is 4.45. The maximum atomic E-state index is 13.7. The molecule has 0 spiro atoms. The van der Waals surface area contributed by atoms with Gasteiger partial charge in [-0.2, -0.15) is 0 Å². The van der Waals surface area contributed by atoms with E-state index >= 15 is 0 Å². The third-order valence-corrected chi connectivity index (χ3v) is 3.40. The monoisotopic (exact) mass is 368 g/mol. The molecule has 0 saturated carbocycles. The molecule has 114 valence electrons. The normalized spacial score (nSPS) is 10.2. The smallest absolute Gasteiger partial charge is 0.256 e. The summed E-state index contributed by atoms with van der Waals surface area (Å²) in [6.07, 6.45) is 0. The maximum Gasteiger partial charge on any atom is 0.256 e. The molecule has 7 heteroatoms. The van der Waals surface area contributed by atoms with E-state index in [0.717, 1.165) is 12.1 Å². The Labute approximate surface area is 133 Å². The lowest BCUT2D eigenvalue weighted by atomic mass is 10.2. The molecule has 0 radical (unpaired) electrons. The fraction of sp³-hybridized carbons (Fsp3) is 0.0667. The van der Waals surface area contributed by atoms with Gasteiger partial charge in [-0.3, -0.25) is 9.59 Å². The summed E-state index contributed by atoms with van der Waals surface area (Å²) in [7, 11) is 0. The molecule has 0 unspecified atom stereocenters. The van der Waals surface area contributed by atoms with E-state index in [1.165, 1.54) is 31.2 Å². The van der Waals surface area contributed by atoms with Crippen LogP contribution in [0, 0.1) is 11.6 Å². The lowest BCUT2D eigenvalue weighted by Crippen LogP contribution is -2.14. The second kappa shape index (κ2) is 6.65. The van der Waals surface area contributed by atoms with E-state index in [9.17, 15) is 18.4 Å². The number of carbonyl (C=O) groups is 2. The number of nitrogens with one attached hydrogen (secondary N) is 2. The van der Waals surface area contributed by atoms with Crippen LogP contribution in [0.25, 0.3) is 0 Å². The summed E-state index contributed by atoms with van der Waals surface area (Å²) in [5, 5.41) is 4.83. The Morgan fingerprint density at radius 1 is 1.05 bits per heavy atom. The molecule has 0 atom stereocenters. The van der Waals surface area contributed by atoms with Crippen LogP contribution in [0.4, 0.5) is 20.2 Å². The minimum Gasteiger partial charge on any atom is -0.326 e. The van der Waals surface area contributed by atoms with Crippen molar-refractivity contribution < 1.29 is 18.4 Å². The van der Waals surface area contributed by atoms with Crippen LogP contribution < -0.4 is 10.6 Å². The van der Waals surface area contributed by atoms with Crippen LogP contribution >= 0.6 is 15.9 Å². The van der Waals surface area contributed by atoms with Gasteiger partial charge in [0, 0.05) is 17.1 Å². The zero-order chi connectivity index (χ0) is 16.3. The standard InChI is InChI=1S/C15H11BrF2N2O2/c1-8(21)19-10-3-5-13(18)14(7-10)20-15(22)11-6-9(17)2-4-12(11)16/h2-7H,1H3,(H,19,21)(H,20,22). The van der Waals surface area contributed by atoms with Crippen LogP contribution in [-0.2, 0) is 4.79 Å². The number of benzene rings is 2. The number of carbonyl (C=O) groups excluding carboxylic acids is 2. The van der Waals surface area contributed by atoms with Crippen LogP contribution in [0.5, 0.6) is 0 Å². The zero-order valence-electron chi connectivity index (χ0n) is 11.4. The van der Waals surface area contributed by atoms with Crippen LogP contribution in [0.1, 0.15) is 17.3 Å². The molecule has 0 saturated heterocycles. The molecule has 0 aliphatic rings. The van der Waals surface area contributed by atoms with Gasteiger partial charge in [-0.25, -0.2) is 8.78 Å². The quantitative estimate of drug-likeness (QED) is 0.861. The van der Waals surface area contributed by atoms with E-state index < -0.39 is 17.5 Å². The molecular weight excluding hydrogens is 358 g/mol. The van der Waals surface area contributed by atoms with Crippen molar-refractivity contribution in [2.45, 2.75) is 6.92 Å². The third-order valence-electron chi connectivity index (χ3n) is 2.71. The van der Waals surface area contributed by atoms with Crippen LogP contribution in [0.2, 0.25) is 0 Å². The van der Waals surface area contributed by atoms with Crippen molar-refractivity contribution in [2.75, 3.05) is 10.6 Å². The van der Waals surface area contributed by atoms with Crippen molar-refractivity contribution in [1.82, 2.24) is 0 Å². The Bertz CT molecular complexity index is 750. The van der Waals surface area contributed by atoms with Gasteiger partial charge in [-0.15, -0.1) is 0 Å². The van der Waals surface area contributed by atoms with E-state index in [1.807, 2.05) is 0 Å². The van der Waals surface area contributed by atoms with Crippen molar-refractivity contribution in [1.29, 1.82) is 0 Å². The van der Waals surface area contributed by atoms with Crippen molar-refractivity contribution in [2.24, 2.45) is 0 Å². The molecule has 0 aromatic heterocycles. The number of rotatable bonds is 3. The van der Waals surface area contributed by atoms with Gasteiger partial charge >= 0.3 is 0 Å². The van der Waals surface area contributed by atoms with Gasteiger partial charge in [0.25, 0.3) is 5.91 Å². The molecule has 2 N–H and O–H groups in total. The fourth-order valence-electron chi connectivity index (χ4n) is 1.76. The number of anilines is 2. The summed E-state index contributed by atoms with van der Waals surface area (Å²) in [6, 6.07) is 7.37. The Balaban J connectivity index is 2.27. The molecule has 2 amide bonds. The van der Waals surface area contributed by atoms with E-state index in [4.69, 9.17) is 0 Å². The Kier molecular flexibility index (Phi) is 4.87. The highest BCUT2D eigenvalue weighted by Crippen LogP contribution is 2.23. The predicted octanol–water partition coefficient (Wildman–Crippen LogP) is 3.94. The molecular formula is C15H11BrF2N2O2. The summed E-state index contributed by atoms with van der Waals surface area (Å²) < 4.78 is 27.3. The summed E-state index contributed by atoms with van der Waals surface area (Å²) in [6.45, 7) is 1.31. The highest BCUT2D eigenvalue weighted by Gasteiger charge is 2.14. The molecule has 4 nitrogen and oxygen atoms in total.